The number of aromatic nitrogens is 2. The topological polar surface area (TPSA) is 55.2 Å². The summed E-state index contributed by atoms with van der Waals surface area (Å²) in [7, 11) is -3.51. The molecular formula is C13H24BrN3O2S. The van der Waals surface area contributed by atoms with E-state index in [1.807, 2.05) is 25.3 Å². The molecule has 0 unspecified atom stereocenters. The van der Waals surface area contributed by atoms with Crippen LogP contribution in [0.1, 0.15) is 39.4 Å². The molecule has 0 spiro atoms. The predicted molar refractivity (Wildman–Crippen MR) is 84.7 cm³/mol. The molecule has 20 heavy (non-hydrogen) atoms. The molecule has 0 atom stereocenters. The van der Waals surface area contributed by atoms with Gasteiger partial charge in [-0.3, -0.25) is 0 Å². The van der Waals surface area contributed by atoms with Crippen molar-refractivity contribution in [1.82, 2.24) is 13.9 Å². The van der Waals surface area contributed by atoms with Gasteiger partial charge < -0.3 is 4.57 Å². The third-order valence-corrected chi connectivity index (χ3v) is 5.59. The highest BCUT2D eigenvalue weighted by molar-refractivity contribution is 9.09. The Morgan fingerprint density at radius 3 is 2.60 bits per heavy atom. The molecule has 1 rings (SSSR count). The van der Waals surface area contributed by atoms with Crippen LogP contribution in [-0.4, -0.2) is 40.2 Å². The van der Waals surface area contributed by atoms with Crippen molar-refractivity contribution in [2.24, 2.45) is 0 Å². The van der Waals surface area contributed by atoms with E-state index in [4.69, 9.17) is 0 Å². The normalized spacial score (nSPS) is 12.6. The van der Waals surface area contributed by atoms with Gasteiger partial charge in [0.2, 0.25) is 0 Å². The fraction of sp³-hybridized carbons (Fsp3) is 0.769. The van der Waals surface area contributed by atoms with Gasteiger partial charge in [0.25, 0.3) is 10.0 Å². The number of halogens is 1. The smallest absolute Gasteiger partial charge is 0.262 e. The SMILES string of the molecule is CCCn1cc(S(=O)(=O)N(CCCBr)C(C)C)nc1C. The monoisotopic (exact) mass is 365 g/mol. The first-order valence-corrected chi connectivity index (χ1v) is 9.52. The molecule has 0 saturated carbocycles. The first-order valence-electron chi connectivity index (χ1n) is 6.96. The van der Waals surface area contributed by atoms with Gasteiger partial charge in [0.15, 0.2) is 5.03 Å². The summed E-state index contributed by atoms with van der Waals surface area (Å²) in [4.78, 5) is 4.23. The number of aryl methyl sites for hydroxylation is 2. The van der Waals surface area contributed by atoms with Crippen molar-refractivity contribution in [3.63, 3.8) is 0 Å². The third-order valence-electron chi connectivity index (χ3n) is 3.08. The highest BCUT2D eigenvalue weighted by Crippen LogP contribution is 2.18. The maximum atomic E-state index is 12.7. The summed E-state index contributed by atoms with van der Waals surface area (Å²) >= 11 is 3.35. The van der Waals surface area contributed by atoms with Gasteiger partial charge >= 0.3 is 0 Å². The van der Waals surface area contributed by atoms with E-state index < -0.39 is 10.0 Å². The molecule has 0 amide bonds. The average Bonchev–Trinajstić information content (AvgIpc) is 2.72. The molecule has 0 aromatic carbocycles. The molecule has 0 aliphatic carbocycles. The Morgan fingerprint density at radius 2 is 2.10 bits per heavy atom. The summed E-state index contributed by atoms with van der Waals surface area (Å²) < 4.78 is 28.8. The van der Waals surface area contributed by atoms with Gasteiger partial charge in [-0.2, -0.15) is 4.31 Å². The summed E-state index contributed by atoms with van der Waals surface area (Å²) in [5.74, 6) is 0.745. The predicted octanol–water partition coefficient (Wildman–Crippen LogP) is 2.79. The fourth-order valence-corrected chi connectivity index (χ4v) is 3.99. The molecular weight excluding hydrogens is 342 g/mol. The third kappa shape index (κ3) is 4.05. The number of hydrogen-bond acceptors (Lipinski definition) is 3. The Balaban J connectivity index is 3.09. The highest BCUT2D eigenvalue weighted by Gasteiger charge is 2.29. The van der Waals surface area contributed by atoms with Crippen LogP contribution in [0, 0.1) is 6.92 Å². The highest BCUT2D eigenvalue weighted by atomic mass is 79.9. The number of hydrogen-bond donors (Lipinski definition) is 0. The summed E-state index contributed by atoms with van der Waals surface area (Å²) in [5, 5.41) is 0.946. The molecule has 116 valence electrons. The molecule has 0 aliphatic heterocycles. The minimum absolute atomic E-state index is 0.0734. The second-order valence-electron chi connectivity index (χ2n) is 5.07. The van der Waals surface area contributed by atoms with E-state index in [1.165, 1.54) is 4.31 Å². The number of alkyl halides is 1. The zero-order valence-electron chi connectivity index (χ0n) is 12.6. The van der Waals surface area contributed by atoms with Crippen LogP contribution in [0.5, 0.6) is 0 Å². The van der Waals surface area contributed by atoms with Crippen molar-refractivity contribution in [3.8, 4) is 0 Å². The van der Waals surface area contributed by atoms with E-state index in [2.05, 4.69) is 27.8 Å². The van der Waals surface area contributed by atoms with E-state index in [9.17, 15) is 8.42 Å². The van der Waals surface area contributed by atoms with Crippen LogP contribution in [0.2, 0.25) is 0 Å². The fourth-order valence-electron chi connectivity index (χ4n) is 2.06. The molecule has 1 aromatic rings. The molecule has 1 heterocycles. The van der Waals surface area contributed by atoms with Gasteiger partial charge in [0.1, 0.15) is 5.82 Å². The van der Waals surface area contributed by atoms with Gasteiger partial charge in [0.05, 0.1) is 0 Å². The van der Waals surface area contributed by atoms with Crippen molar-refractivity contribution in [3.05, 3.63) is 12.0 Å². The Labute approximate surface area is 130 Å². The van der Waals surface area contributed by atoms with Crippen LogP contribution in [0.3, 0.4) is 0 Å². The van der Waals surface area contributed by atoms with Gasteiger partial charge in [-0.05, 0) is 33.6 Å². The minimum Gasteiger partial charge on any atom is -0.334 e. The number of rotatable bonds is 8. The van der Waals surface area contributed by atoms with E-state index in [0.29, 0.717) is 6.54 Å². The lowest BCUT2D eigenvalue weighted by molar-refractivity contribution is 0.354. The minimum atomic E-state index is -3.51. The van der Waals surface area contributed by atoms with Crippen molar-refractivity contribution in [1.29, 1.82) is 0 Å². The van der Waals surface area contributed by atoms with Crippen LogP contribution in [0.4, 0.5) is 0 Å². The summed E-state index contributed by atoms with van der Waals surface area (Å²) in [6.07, 6.45) is 3.39. The average molecular weight is 366 g/mol. The van der Waals surface area contributed by atoms with E-state index in [-0.39, 0.29) is 11.1 Å². The van der Waals surface area contributed by atoms with Crippen LogP contribution >= 0.6 is 15.9 Å². The molecule has 0 N–H and O–H groups in total. The van der Waals surface area contributed by atoms with Gasteiger partial charge in [-0.15, -0.1) is 0 Å². The second kappa shape index (κ2) is 7.56. The largest absolute Gasteiger partial charge is 0.334 e. The maximum Gasteiger partial charge on any atom is 0.262 e. The quantitative estimate of drug-likeness (QED) is 0.665. The van der Waals surface area contributed by atoms with E-state index in [0.717, 1.165) is 30.5 Å². The zero-order chi connectivity index (χ0) is 15.3. The van der Waals surface area contributed by atoms with Crippen LogP contribution < -0.4 is 0 Å². The molecule has 0 bridgehead atoms. The van der Waals surface area contributed by atoms with Crippen LogP contribution in [0.15, 0.2) is 11.2 Å². The standard InChI is InChI=1S/C13H24BrN3O2S/c1-5-8-16-10-13(15-12(16)4)20(18,19)17(11(2)3)9-6-7-14/h10-11H,5-9H2,1-4H3. The van der Waals surface area contributed by atoms with E-state index >= 15 is 0 Å². The second-order valence-corrected chi connectivity index (χ2v) is 7.70. The molecule has 5 nitrogen and oxygen atoms in total. The van der Waals surface area contributed by atoms with E-state index in [1.54, 1.807) is 6.20 Å². The molecule has 1 aromatic heterocycles. The lowest BCUT2D eigenvalue weighted by atomic mass is 10.4. The van der Waals surface area contributed by atoms with Gasteiger partial charge in [-0.1, -0.05) is 22.9 Å². The molecule has 0 fully saturated rings. The number of imidazole rings is 1. The first-order chi connectivity index (χ1) is 9.34. The first kappa shape index (κ1) is 17.7. The summed E-state index contributed by atoms with van der Waals surface area (Å²) in [6.45, 7) is 8.97. The summed E-state index contributed by atoms with van der Waals surface area (Å²) in [5.41, 5.74) is 0. The Kier molecular flexibility index (Phi) is 6.68. The molecule has 0 aliphatic rings. The van der Waals surface area contributed by atoms with Gasteiger partial charge in [-0.25, -0.2) is 13.4 Å². The van der Waals surface area contributed by atoms with Crippen LogP contribution in [-0.2, 0) is 16.6 Å². The van der Waals surface area contributed by atoms with Crippen molar-refractivity contribution < 1.29 is 8.42 Å². The maximum absolute atomic E-state index is 12.7. The molecule has 0 radical (unpaired) electrons. The lowest BCUT2D eigenvalue weighted by Gasteiger charge is -2.24. The number of nitrogens with zero attached hydrogens (tertiary/aromatic N) is 3. The Morgan fingerprint density at radius 1 is 1.45 bits per heavy atom. The van der Waals surface area contributed by atoms with Crippen LogP contribution in [0.25, 0.3) is 0 Å². The van der Waals surface area contributed by atoms with Crippen molar-refractivity contribution >= 4 is 26.0 Å². The summed E-state index contributed by atoms with van der Waals surface area (Å²) in [6, 6.07) is -0.0734. The Bertz CT molecular complexity index is 526. The number of sulfonamides is 1. The lowest BCUT2D eigenvalue weighted by Crippen LogP contribution is -2.38. The van der Waals surface area contributed by atoms with Gasteiger partial charge in [0, 0.05) is 30.7 Å². The van der Waals surface area contributed by atoms with Crippen molar-refractivity contribution in [2.45, 2.75) is 58.1 Å². The Hall–Kier alpha value is -0.400. The zero-order valence-corrected chi connectivity index (χ0v) is 15.0. The van der Waals surface area contributed by atoms with Crippen molar-refractivity contribution in [2.75, 3.05) is 11.9 Å². The molecule has 7 heteroatoms. The molecule has 0 saturated heterocycles.